The lowest BCUT2D eigenvalue weighted by molar-refractivity contribution is 0.0947. The van der Waals surface area contributed by atoms with Crippen molar-refractivity contribution in [1.82, 2.24) is 14.9 Å². The first-order chi connectivity index (χ1) is 10.6. The van der Waals surface area contributed by atoms with E-state index in [4.69, 9.17) is 4.42 Å². The Morgan fingerprint density at radius 2 is 2.00 bits per heavy atom. The Hall–Kier alpha value is -2.82. The first-order valence-corrected chi connectivity index (χ1v) is 7.08. The Morgan fingerprint density at radius 3 is 2.68 bits per heavy atom. The van der Waals surface area contributed by atoms with Crippen LogP contribution in [-0.2, 0) is 6.54 Å². The molecule has 5 heteroatoms. The molecule has 1 N–H and O–H groups in total. The Bertz CT molecular complexity index is 769. The van der Waals surface area contributed by atoms with Crippen molar-refractivity contribution < 1.29 is 9.21 Å². The third-order valence-electron chi connectivity index (χ3n) is 3.48. The predicted octanol–water partition coefficient (Wildman–Crippen LogP) is 3.01. The summed E-state index contributed by atoms with van der Waals surface area (Å²) in [7, 11) is 0. The molecule has 0 fully saturated rings. The van der Waals surface area contributed by atoms with Crippen molar-refractivity contribution in [2.75, 3.05) is 0 Å². The van der Waals surface area contributed by atoms with Gasteiger partial charge in [-0.1, -0.05) is 6.07 Å². The van der Waals surface area contributed by atoms with Gasteiger partial charge in [-0.05, 0) is 44.2 Å². The zero-order valence-electron chi connectivity index (χ0n) is 12.5. The van der Waals surface area contributed by atoms with E-state index in [-0.39, 0.29) is 12.5 Å². The number of benzene rings is 1. The van der Waals surface area contributed by atoms with Crippen LogP contribution in [0.15, 0.2) is 53.2 Å². The fourth-order valence-corrected chi connectivity index (χ4v) is 2.19. The molecule has 1 amide bonds. The van der Waals surface area contributed by atoms with Crippen molar-refractivity contribution in [3.8, 4) is 5.69 Å². The molecule has 0 atom stereocenters. The van der Waals surface area contributed by atoms with Crippen LogP contribution in [0.2, 0.25) is 0 Å². The minimum atomic E-state index is -0.150. The van der Waals surface area contributed by atoms with E-state index in [0.29, 0.717) is 11.5 Å². The van der Waals surface area contributed by atoms with Crippen molar-refractivity contribution in [2.24, 2.45) is 0 Å². The Balaban J connectivity index is 1.71. The van der Waals surface area contributed by atoms with Gasteiger partial charge in [-0.15, -0.1) is 0 Å². The molecular formula is C17H17N3O2. The van der Waals surface area contributed by atoms with Gasteiger partial charge in [-0.3, -0.25) is 4.79 Å². The van der Waals surface area contributed by atoms with Gasteiger partial charge in [-0.25, -0.2) is 4.98 Å². The van der Waals surface area contributed by atoms with Gasteiger partial charge in [0.25, 0.3) is 5.91 Å². The lowest BCUT2D eigenvalue weighted by Crippen LogP contribution is -2.23. The van der Waals surface area contributed by atoms with Gasteiger partial charge in [0.05, 0.1) is 12.2 Å². The van der Waals surface area contributed by atoms with E-state index >= 15 is 0 Å². The van der Waals surface area contributed by atoms with Crippen LogP contribution < -0.4 is 5.32 Å². The van der Waals surface area contributed by atoms with E-state index in [1.54, 1.807) is 6.07 Å². The van der Waals surface area contributed by atoms with Gasteiger partial charge >= 0.3 is 0 Å². The number of aromatic nitrogens is 2. The summed E-state index contributed by atoms with van der Waals surface area (Å²) in [5.74, 6) is 1.14. The molecule has 5 nitrogen and oxygen atoms in total. The average molecular weight is 295 g/mol. The van der Waals surface area contributed by atoms with Crippen LogP contribution in [0.3, 0.4) is 0 Å². The van der Waals surface area contributed by atoms with Crippen LogP contribution >= 0.6 is 0 Å². The van der Waals surface area contributed by atoms with Crippen LogP contribution in [0.25, 0.3) is 5.69 Å². The highest BCUT2D eigenvalue weighted by atomic mass is 16.4. The lowest BCUT2D eigenvalue weighted by atomic mass is 10.2. The molecule has 3 rings (SSSR count). The van der Waals surface area contributed by atoms with E-state index < -0.39 is 0 Å². The molecule has 0 aliphatic carbocycles. The number of hydrogen-bond acceptors (Lipinski definition) is 3. The van der Waals surface area contributed by atoms with Crippen molar-refractivity contribution in [1.29, 1.82) is 0 Å². The number of carbonyl (C=O) groups excluding carboxylic acids is 1. The first-order valence-electron chi connectivity index (χ1n) is 7.08. The van der Waals surface area contributed by atoms with Crippen molar-refractivity contribution in [3.05, 3.63) is 71.7 Å². The maximum absolute atomic E-state index is 12.2. The monoisotopic (exact) mass is 295 g/mol. The summed E-state index contributed by atoms with van der Waals surface area (Å²) in [6.07, 6.45) is 3.88. The highest BCUT2D eigenvalue weighted by Gasteiger charge is 2.10. The normalized spacial score (nSPS) is 10.6. The molecular weight excluding hydrogens is 278 g/mol. The molecule has 0 spiro atoms. The van der Waals surface area contributed by atoms with E-state index in [1.807, 2.05) is 61.1 Å². The molecule has 0 bridgehead atoms. The smallest absolute Gasteiger partial charge is 0.251 e. The maximum Gasteiger partial charge on any atom is 0.251 e. The van der Waals surface area contributed by atoms with Crippen LogP contribution in [-0.4, -0.2) is 15.5 Å². The molecule has 2 heterocycles. The summed E-state index contributed by atoms with van der Waals surface area (Å²) >= 11 is 0. The quantitative estimate of drug-likeness (QED) is 0.805. The molecule has 1 aromatic carbocycles. The number of carbonyl (C=O) groups is 1. The SMILES string of the molecule is Cc1nc(CNC(=O)c2cccc(-n3cccc3)c2)oc1C. The van der Waals surface area contributed by atoms with Gasteiger partial charge in [0.1, 0.15) is 5.76 Å². The van der Waals surface area contributed by atoms with Gasteiger partial charge in [0.2, 0.25) is 5.89 Å². The van der Waals surface area contributed by atoms with Crippen molar-refractivity contribution in [2.45, 2.75) is 20.4 Å². The Kier molecular flexibility index (Phi) is 3.78. The topological polar surface area (TPSA) is 60.1 Å². The Morgan fingerprint density at radius 1 is 1.23 bits per heavy atom. The third-order valence-corrected chi connectivity index (χ3v) is 3.48. The number of rotatable bonds is 4. The summed E-state index contributed by atoms with van der Waals surface area (Å²) in [6, 6.07) is 11.3. The van der Waals surface area contributed by atoms with Gasteiger partial charge in [-0.2, -0.15) is 0 Å². The van der Waals surface area contributed by atoms with E-state index in [0.717, 1.165) is 17.1 Å². The maximum atomic E-state index is 12.2. The summed E-state index contributed by atoms with van der Waals surface area (Å²) < 4.78 is 7.41. The molecule has 0 aliphatic heterocycles. The predicted molar refractivity (Wildman–Crippen MR) is 82.9 cm³/mol. The highest BCUT2D eigenvalue weighted by molar-refractivity contribution is 5.94. The number of aryl methyl sites for hydroxylation is 2. The average Bonchev–Trinajstić information content (AvgIpc) is 3.16. The molecule has 0 unspecified atom stereocenters. The van der Waals surface area contributed by atoms with Gasteiger partial charge in [0, 0.05) is 23.6 Å². The molecule has 3 aromatic rings. The van der Waals surface area contributed by atoms with E-state index in [2.05, 4.69) is 10.3 Å². The highest BCUT2D eigenvalue weighted by Crippen LogP contribution is 2.12. The zero-order chi connectivity index (χ0) is 15.5. The molecule has 0 saturated carbocycles. The van der Waals surface area contributed by atoms with Crippen LogP contribution in [0.4, 0.5) is 0 Å². The summed E-state index contributed by atoms with van der Waals surface area (Å²) in [6.45, 7) is 4.01. The van der Waals surface area contributed by atoms with Crippen molar-refractivity contribution in [3.63, 3.8) is 0 Å². The number of oxazole rings is 1. The number of nitrogens with one attached hydrogen (secondary N) is 1. The number of amides is 1. The minimum Gasteiger partial charge on any atom is -0.444 e. The van der Waals surface area contributed by atoms with Crippen LogP contribution in [0.1, 0.15) is 27.7 Å². The molecule has 112 valence electrons. The zero-order valence-corrected chi connectivity index (χ0v) is 12.5. The molecule has 0 saturated heterocycles. The van der Waals surface area contributed by atoms with Crippen molar-refractivity contribution >= 4 is 5.91 Å². The van der Waals surface area contributed by atoms with Crippen LogP contribution in [0, 0.1) is 13.8 Å². The summed E-state index contributed by atoms with van der Waals surface area (Å²) in [4.78, 5) is 16.5. The second-order valence-electron chi connectivity index (χ2n) is 5.07. The standard InChI is InChI=1S/C17H17N3O2/c1-12-13(2)22-16(19-12)11-18-17(21)14-6-5-7-15(10-14)20-8-3-4-9-20/h3-10H,11H2,1-2H3,(H,18,21). The molecule has 2 aromatic heterocycles. The lowest BCUT2D eigenvalue weighted by Gasteiger charge is -2.06. The Labute approximate surface area is 128 Å². The second-order valence-corrected chi connectivity index (χ2v) is 5.07. The number of nitrogens with zero attached hydrogens (tertiary/aromatic N) is 2. The minimum absolute atomic E-state index is 0.150. The van der Waals surface area contributed by atoms with Gasteiger partial charge in [0.15, 0.2) is 0 Å². The molecule has 22 heavy (non-hydrogen) atoms. The van der Waals surface area contributed by atoms with E-state index in [1.165, 1.54) is 0 Å². The summed E-state index contributed by atoms with van der Waals surface area (Å²) in [5, 5.41) is 2.82. The van der Waals surface area contributed by atoms with E-state index in [9.17, 15) is 4.79 Å². The number of hydrogen-bond donors (Lipinski definition) is 1. The van der Waals surface area contributed by atoms with Gasteiger partial charge < -0.3 is 14.3 Å². The fraction of sp³-hybridized carbons (Fsp3) is 0.176. The van der Waals surface area contributed by atoms with Crippen LogP contribution in [0.5, 0.6) is 0 Å². The third kappa shape index (κ3) is 2.93. The largest absolute Gasteiger partial charge is 0.444 e. The molecule has 0 radical (unpaired) electrons. The fourth-order valence-electron chi connectivity index (χ4n) is 2.19. The second kappa shape index (κ2) is 5.89. The first kappa shape index (κ1) is 14.1. The summed E-state index contributed by atoms with van der Waals surface area (Å²) in [5.41, 5.74) is 2.39. The molecule has 0 aliphatic rings.